The number of carboxylic acid groups (broad SMARTS) is 1. The molecule has 0 aliphatic carbocycles. The summed E-state index contributed by atoms with van der Waals surface area (Å²) < 4.78 is 0. The Morgan fingerprint density at radius 3 is 1.52 bits per heavy atom. The molecule has 61 heavy (non-hydrogen) atoms. The number of amides is 8. The summed E-state index contributed by atoms with van der Waals surface area (Å²) in [5.74, 6) is -8.12. The summed E-state index contributed by atoms with van der Waals surface area (Å²) in [5.41, 5.74) is 5.53. The van der Waals surface area contributed by atoms with Crippen LogP contribution in [0.4, 0.5) is 0 Å². The maximum Gasteiger partial charge on any atom is 0.326 e. The van der Waals surface area contributed by atoms with E-state index in [1.54, 1.807) is 55.4 Å². The van der Waals surface area contributed by atoms with Gasteiger partial charge in [-0.25, -0.2) is 4.79 Å². The number of nitrogens with one attached hydrogen (secondary N) is 7. The van der Waals surface area contributed by atoms with Crippen LogP contribution in [-0.4, -0.2) is 148 Å². The number of nitrogens with two attached hydrogens (primary N) is 1. The third-order valence-electron chi connectivity index (χ3n) is 9.81. The van der Waals surface area contributed by atoms with E-state index in [1.165, 1.54) is 18.7 Å². The smallest absolute Gasteiger partial charge is 0.326 e. The van der Waals surface area contributed by atoms with E-state index in [-0.39, 0.29) is 50.0 Å². The summed E-state index contributed by atoms with van der Waals surface area (Å²) in [4.78, 5) is 119. The van der Waals surface area contributed by atoms with Gasteiger partial charge in [0.1, 0.15) is 42.3 Å². The average molecular weight is 870 g/mol. The lowest BCUT2D eigenvalue weighted by atomic mass is 9.99. The van der Waals surface area contributed by atoms with Crippen molar-refractivity contribution in [2.24, 2.45) is 29.4 Å². The maximum absolute atomic E-state index is 13.8. The summed E-state index contributed by atoms with van der Waals surface area (Å²) >= 11 is 0. The molecule has 0 unspecified atom stereocenters. The zero-order valence-corrected chi connectivity index (χ0v) is 37.2. The van der Waals surface area contributed by atoms with Crippen LogP contribution in [0.2, 0.25) is 0 Å². The molecule has 21 nitrogen and oxygen atoms in total. The van der Waals surface area contributed by atoms with Crippen LogP contribution in [0.25, 0.3) is 0 Å². The van der Waals surface area contributed by atoms with Crippen molar-refractivity contribution in [1.29, 1.82) is 0 Å². The molecular weight excluding hydrogens is 798 g/mol. The molecule has 0 bridgehead atoms. The molecule has 9 atom stereocenters. The number of rotatable bonds is 25. The third-order valence-corrected chi connectivity index (χ3v) is 9.81. The molecule has 1 fully saturated rings. The molecule has 1 saturated heterocycles. The molecule has 348 valence electrons. The van der Waals surface area contributed by atoms with Gasteiger partial charge in [0.25, 0.3) is 0 Å². The minimum atomic E-state index is -1.53. The molecule has 0 aromatic heterocycles. The number of carbonyl (C=O) groups excluding carboxylic acids is 8. The van der Waals surface area contributed by atoms with Crippen LogP contribution in [0.5, 0.6) is 0 Å². The normalized spacial score (nSPS) is 17.9. The highest BCUT2D eigenvalue weighted by molar-refractivity contribution is 5.97. The maximum atomic E-state index is 13.8. The number of aliphatic hydroxyl groups is 2. The van der Waals surface area contributed by atoms with Crippen molar-refractivity contribution in [3.8, 4) is 0 Å². The van der Waals surface area contributed by atoms with Crippen molar-refractivity contribution < 1.29 is 58.5 Å². The van der Waals surface area contributed by atoms with Gasteiger partial charge in [-0.1, -0.05) is 55.4 Å². The van der Waals surface area contributed by atoms with E-state index in [4.69, 9.17) is 5.73 Å². The Bertz CT molecular complexity index is 1540. The Balaban J connectivity index is 3.14. The molecular formula is C40H71N9O12. The van der Waals surface area contributed by atoms with Gasteiger partial charge in [-0.2, -0.15) is 0 Å². The molecule has 1 aliphatic rings. The standard InChI is InChI=1S/C40H71N9O12/c1-19(2)14-25(44-37(57)28(18-50)46-33(53)23(9)41)34(54)42-17-30(52)43-26(15-20(3)4)35(55)45-27(16-21(5)6)36(56)48-32(24(10)51)39(59)49-13-11-12-29(49)38(58)47-31(22(7)8)40(60)61/h19-29,31-32,50-51H,11-18,41H2,1-10H3,(H,42,54)(H,43,52)(H,44,57)(H,45,55)(H,46,53)(H,47,58)(H,48,56)(H,60,61)/t23-,24+,25-,26-,27-,28-,29-,31-,32-/m0/s1. The van der Waals surface area contributed by atoms with E-state index in [0.29, 0.717) is 6.42 Å². The van der Waals surface area contributed by atoms with Crippen LogP contribution in [-0.2, 0) is 43.2 Å². The van der Waals surface area contributed by atoms with Gasteiger partial charge in [0.15, 0.2) is 0 Å². The Morgan fingerprint density at radius 2 is 1.08 bits per heavy atom. The van der Waals surface area contributed by atoms with Crippen molar-refractivity contribution in [3.05, 3.63) is 0 Å². The second kappa shape index (κ2) is 25.8. The molecule has 12 N–H and O–H groups in total. The van der Waals surface area contributed by atoms with E-state index in [2.05, 4.69) is 37.2 Å². The lowest BCUT2D eigenvalue weighted by molar-refractivity contribution is -0.147. The molecule has 1 rings (SSSR count). The Hall–Kier alpha value is -4.89. The highest BCUT2D eigenvalue weighted by Gasteiger charge is 2.41. The molecule has 1 aliphatic heterocycles. The fraction of sp³-hybridized carbons (Fsp3) is 0.775. The highest BCUT2D eigenvalue weighted by atomic mass is 16.4. The first-order chi connectivity index (χ1) is 28.3. The molecule has 21 heteroatoms. The fourth-order valence-electron chi connectivity index (χ4n) is 6.57. The van der Waals surface area contributed by atoms with E-state index < -0.39 is 127 Å². The SMILES string of the molecule is CC(C)C[C@H](NC(=O)CNC(=O)[C@H](CC(C)C)NC(=O)[C@H](CO)NC(=O)[C@H](C)N)C(=O)N[C@@H](CC(C)C)C(=O)N[C@H](C(=O)N1CCC[C@H]1C(=O)N[C@H](C(=O)O)C(C)C)[C@@H](C)O. The number of hydrogen-bond acceptors (Lipinski definition) is 12. The van der Waals surface area contributed by atoms with Crippen LogP contribution >= 0.6 is 0 Å². The van der Waals surface area contributed by atoms with Crippen LogP contribution in [0.15, 0.2) is 0 Å². The number of carboxylic acids is 1. The number of carbonyl (C=O) groups is 9. The lowest BCUT2D eigenvalue weighted by Gasteiger charge is -2.32. The summed E-state index contributed by atoms with van der Waals surface area (Å²) in [6, 6.07) is -9.71. The number of likely N-dealkylation sites (tertiary alicyclic amines) is 1. The van der Waals surface area contributed by atoms with Crippen molar-refractivity contribution >= 4 is 53.2 Å². The number of aliphatic hydroxyl groups excluding tert-OH is 2. The second-order valence-electron chi connectivity index (χ2n) is 17.4. The predicted octanol–water partition coefficient (Wildman–Crippen LogP) is -2.40. The number of aliphatic carboxylic acids is 1. The van der Waals surface area contributed by atoms with Gasteiger partial charge in [0.2, 0.25) is 47.3 Å². The molecule has 0 radical (unpaired) electrons. The summed E-state index contributed by atoms with van der Waals surface area (Å²) in [7, 11) is 0. The first kappa shape index (κ1) is 54.1. The zero-order chi connectivity index (χ0) is 46.9. The van der Waals surface area contributed by atoms with Crippen molar-refractivity contribution in [1.82, 2.24) is 42.1 Å². The van der Waals surface area contributed by atoms with E-state index in [9.17, 15) is 58.5 Å². The van der Waals surface area contributed by atoms with Gasteiger partial charge in [0, 0.05) is 6.54 Å². The van der Waals surface area contributed by atoms with Crippen LogP contribution < -0.4 is 43.0 Å². The van der Waals surface area contributed by atoms with Gasteiger partial charge < -0.3 is 63.2 Å². The molecule has 1 heterocycles. The largest absolute Gasteiger partial charge is 0.480 e. The Morgan fingerprint density at radius 1 is 0.623 bits per heavy atom. The van der Waals surface area contributed by atoms with Crippen LogP contribution in [0.3, 0.4) is 0 Å². The van der Waals surface area contributed by atoms with E-state index >= 15 is 0 Å². The Kier molecular flexibility index (Phi) is 22.9. The fourth-order valence-corrected chi connectivity index (χ4v) is 6.57. The summed E-state index contributed by atoms with van der Waals surface area (Å²) in [6.45, 7) is 15.5. The molecule has 0 aromatic rings. The van der Waals surface area contributed by atoms with Gasteiger partial charge in [-0.15, -0.1) is 0 Å². The lowest BCUT2D eigenvalue weighted by Crippen LogP contribution is -2.61. The summed E-state index contributed by atoms with van der Waals surface area (Å²) in [5, 5.41) is 47.4. The van der Waals surface area contributed by atoms with Crippen molar-refractivity contribution in [2.45, 2.75) is 156 Å². The van der Waals surface area contributed by atoms with Crippen LogP contribution in [0, 0.1) is 23.7 Å². The molecule has 0 spiro atoms. The highest BCUT2D eigenvalue weighted by Crippen LogP contribution is 2.21. The van der Waals surface area contributed by atoms with E-state index in [1.807, 2.05) is 0 Å². The average Bonchev–Trinajstić information content (AvgIpc) is 3.65. The first-order valence-corrected chi connectivity index (χ1v) is 21.0. The third kappa shape index (κ3) is 18.3. The summed E-state index contributed by atoms with van der Waals surface area (Å²) in [6.07, 6.45) is -0.443. The minimum Gasteiger partial charge on any atom is -0.480 e. The van der Waals surface area contributed by atoms with Gasteiger partial charge in [0.05, 0.1) is 25.3 Å². The van der Waals surface area contributed by atoms with Gasteiger partial charge in [-0.3, -0.25) is 38.4 Å². The topological polar surface area (TPSA) is 328 Å². The number of hydrogen-bond donors (Lipinski definition) is 11. The van der Waals surface area contributed by atoms with Gasteiger partial charge >= 0.3 is 5.97 Å². The Labute approximate surface area is 358 Å². The molecule has 0 aromatic carbocycles. The van der Waals surface area contributed by atoms with E-state index in [0.717, 1.165) is 0 Å². The monoisotopic (exact) mass is 870 g/mol. The van der Waals surface area contributed by atoms with Crippen molar-refractivity contribution in [3.63, 3.8) is 0 Å². The zero-order valence-electron chi connectivity index (χ0n) is 37.2. The molecule has 0 saturated carbocycles. The van der Waals surface area contributed by atoms with Crippen molar-refractivity contribution in [2.75, 3.05) is 19.7 Å². The minimum absolute atomic E-state index is 0.0895. The quantitative estimate of drug-likeness (QED) is 0.0457. The first-order valence-electron chi connectivity index (χ1n) is 21.0. The predicted molar refractivity (Wildman–Crippen MR) is 223 cm³/mol. The molecule has 8 amide bonds. The van der Waals surface area contributed by atoms with Crippen LogP contribution in [0.1, 0.15) is 101 Å². The second-order valence-corrected chi connectivity index (χ2v) is 17.4. The van der Waals surface area contributed by atoms with Gasteiger partial charge in [-0.05, 0) is 69.6 Å². The number of nitrogens with zero attached hydrogens (tertiary/aromatic N) is 1.